The summed E-state index contributed by atoms with van der Waals surface area (Å²) in [4.78, 5) is 18.3. The highest BCUT2D eigenvalue weighted by Gasteiger charge is 2.21. The van der Waals surface area contributed by atoms with Crippen molar-refractivity contribution in [3.05, 3.63) is 47.8 Å². The van der Waals surface area contributed by atoms with Crippen LogP contribution in [0.25, 0.3) is 0 Å². The first-order valence-electron chi connectivity index (χ1n) is 8.16. The molecule has 1 amide bonds. The Kier molecular flexibility index (Phi) is 6.80. The summed E-state index contributed by atoms with van der Waals surface area (Å²) in [7, 11) is 8.63. The van der Waals surface area contributed by atoms with Crippen LogP contribution in [0.3, 0.4) is 0 Å². The van der Waals surface area contributed by atoms with Gasteiger partial charge in [0.2, 0.25) is 5.75 Å². The second-order valence-electron chi connectivity index (χ2n) is 5.88. The first-order chi connectivity index (χ1) is 12.5. The minimum atomic E-state index is -0.147. The van der Waals surface area contributed by atoms with Gasteiger partial charge in [-0.15, -0.1) is 0 Å². The number of pyridine rings is 1. The zero-order chi connectivity index (χ0) is 19.1. The average Bonchev–Trinajstić information content (AvgIpc) is 2.67. The molecule has 1 N–H and O–H groups in total. The molecule has 7 nitrogen and oxygen atoms in total. The quantitative estimate of drug-likeness (QED) is 0.779. The lowest BCUT2D eigenvalue weighted by Gasteiger charge is -2.26. The molecule has 0 radical (unpaired) electrons. The van der Waals surface area contributed by atoms with Gasteiger partial charge in [0, 0.05) is 24.5 Å². The van der Waals surface area contributed by atoms with Crippen LogP contribution in [0.4, 0.5) is 0 Å². The van der Waals surface area contributed by atoms with E-state index < -0.39 is 0 Å². The molecule has 0 bridgehead atoms. The van der Waals surface area contributed by atoms with Crippen LogP contribution in [0.5, 0.6) is 17.2 Å². The number of carbonyl (C=O) groups is 1. The van der Waals surface area contributed by atoms with Crippen LogP contribution in [-0.2, 0) is 0 Å². The van der Waals surface area contributed by atoms with E-state index in [0.29, 0.717) is 29.4 Å². The number of hydrogen-bond acceptors (Lipinski definition) is 6. The fraction of sp³-hybridized carbons (Fsp3) is 0.368. The third-order valence-corrected chi connectivity index (χ3v) is 4.09. The smallest absolute Gasteiger partial charge is 0.251 e. The van der Waals surface area contributed by atoms with Crippen molar-refractivity contribution in [1.29, 1.82) is 0 Å². The number of ether oxygens (including phenoxy) is 3. The summed E-state index contributed by atoms with van der Waals surface area (Å²) < 4.78 is 16.2. The van der Waals surface area contributed by atoms with E-state index in [9.17, 15) is 4.79 Å². The third-order valence-electron chi connectivity index (χ3n) is 4.09. The molecule has 26 heavy (non-hydrogen) atoms. The number of likely N-dealkylation sites (N-methyl/N-ethyl adjacent to an activating group) is 1. The summed E-state index contributed by atoms with van der Waals surface area (Å²) in [5.41, 5.74) is 1.52. The van der Waals surface area contributed by atoms with Crippen molar-refractivity contribution in [2.45, 2.75) is 6.04 Å². The molecule has 0 fully saturated rings. The lowest BCUT2D eigenvalue weighted by molar-refractivity contribution is 0.0941. The van der Waals surface area contributed by atoms with E-state index in [1.165, 1.54) is 0 Å². The number of amides is 1. The molecular weight excluding hydrogens is 334 g/mol. The first-order valence-corrected chi connectivity index (χ1v) is 8.16. The minimum Gasteiger partial charge on any atom is -0.493 e. The number of aromatic nitrogens is 1. The van der Waals surface area contributed by atoms with Gasteiger partial charge in [-0.1, -0.05) is 0 Å². The van der Waals surface area contributed by atoms with E-state index in [0.717, 1.165) is 5.56 Å². The van der Waals surface area contributed by atoms with Gasteiger partial charge in [0.25, 0.3) is 5.91 Å². The highest BCUT2D eigenvalue weighted by molar-refractivity contribution is 5.93. The SMILES string of the molecule is COc1cc(C(CNC(=O)c2ccncc2)N(C)C)cc(OC)c1OC. The third kappa shape index (κ3) is 4.43. The van der Waals surface area contributed by atoms with Gasteiger partial charge in [-0.3, -0.25) is 9.78 Å². The van der Waals surface area contributed by atoms with Gasteiger partial charge in [0.15, 0.2) is 11.5 Å². The number of hydrogen-bond donors (Lipinski definition) is 1. The Morgan fingerprint density at radius 2 is 1.65 bits per heavy atom. The molecule has 0 saturated carbocycles. The fourth-order valence-electron chi connectivity index (χ4n) is 2.69. The second kappa shape index (κ2) is 9.05. The molecule has 0 spiro atoms. The van der Waals surface area contributed by atoms with Crippen LogP contribution in [0, 0.1) is 0 Å². The lowest BCUT2D eigenvalue weighted by atomic mass is 10.0. The normalized spacial score (nSPS) is 11.8. The standard InChI is InChI=1S/C19H25N3O4/c1-22(2)15(12-21-19(23)13-6-8-20-9-7-13)14-10-16(24-3)18(26-5)17(11-14)25-4/h6-11,15H,12H2,1-5H3,(H,21,23). The molecule has 1 aromatic carbocycles. The van der Waals surface area contributed by atoms with Gasteiger partial charge < -0.3 is 24.4 Å². The molecule has 1 heterocycles. The van der Waals surface area contributed by atoms with Gasteiger partial charge >= 0.3 is 0 Å². The molecule has 2 rings (SSSR count). The van der Waals surface area contributed by atoms with E-state index in [1.54, 1.807) is 45.9 Å². The Bertz CT molecular complexity index is 710. The van der Waals surface area contributed by atoms with Crippen molar-refractivity contribution in [2.75, 3.05) is 42.0 Å². The predicted octanol–water partition coefficient (Wildman–Crippen LogP) is 2.14. The fourth-order valence-corrected chi connectivity index (χ4v) is 2.69. The van der Waals surface area contributed by atoms with E-state index in [2.05, 4.69) is 10.3 Å². The lowest BCUT2D eigenvalue weighted by Crippen LogP contribution is -2.34. The van der Waals surface area contributed by atoms with Crippen LogP contribution >= 0.6 is 0 Å². The van der Waals surface area contributed by atoms with Crippen LogP contribution in [0.2, 0.25) is 0 Å². The maximum absolute atomic E-state index is 12.3. The molecule has 0 aliphatic rings. The number of methoxy groups -OCH3 is 3. The number of carbonyl (C=O) groups excluding carboxylic acids is 1. The molecule has 140 valence electrons. The zero-order valence-electron chi connectivity index (χ0n) is 15.8. The molecule has 0 saturated heterocycles. The molecule has 1 unspecified atom stereocenters. The van der Waals surface area contributed by atoms with E-state index in [1.807, 2.05) is 31.1 Å². The second-order valence-corrected chi connectivity index (χ2v) is 5.88. The van der Waals surface area contributed by atoms with Crippen molar-refractivity contribution >= 4 is 5.91 Å². The van der Waals surface area contributed by atoms with Crippen molar-refractivity contribution in [3.8, 4) is 17.2 Å². The van der Waals surface area contributed by atoms with Gasteiger partial charge in [-0.05, 0) is 43.9 Å². The average molecular weight is 359 g/mol. The number of nitrogens with zero attached hydrogens (tertiary/aromatic N) is 2. The topological polar surface area (TPSA) is 72.9 Å². The summed E-state index contributed by atoms with van der Waals surface area (Å²) in [5.74, 6) is 1.55. The Balaban J connectivity index is 2.25. The number of benzene rings is 1. The summed E-state index contributed by atoms with van der Waals surface area (Å²) >= 11 is 0. The molecule has 1 aromatic heterocycles. The van der Waals surface area contributed by atoms with Crippen molar-refractivity contribution in [3.63, 3.8) is 0 Å². The highest BCUT2D eigenvalue weighted by atomic mass is 16.5. The van der Waals surface area contributed by atoms with Gasteiger partial charge in [-0.2, -0.15) is 0 Å². The predicted molar refractivity (Wildman–Crippen MR) is 99.1 cm³/mol. The zero-order valence-corrected chi connectivity index (χ0v) is 15.8. The molecule has 1 atom stereocenters. The van der Waals surface area contributed by atoms with Gasteiger partial charge in [0.1, 0.15) is 0 Å². The monoisotopic (exact) mass is 359 g/mol. The maximum Gasteiger partial charge on any atom is 0.251 e. The summed E-state index contributed by atoms with van der Waals surface area (Å²) in [6.07, 6.45) is 3.19. The molecule has 0 aliphatic carbocycles. The highest BCUT2D eigenvalue weighted by Crippen LogP contribution is 2.40. The largest absolute Gasteiger partial charge is 0.493 e. The summed E-state index contributed by atoms with van der Waals surface area (Å²) in [5, 5.41) is 2.96. The molecule has 2 aromatic rings. The summed E-state index contributed by atoms with van der Waals surface area (Å²) in [6, 6.07) is 7.07. The Morgan fingerprint density at radius 1 is 1.08 bits per heavy atom. The summed E-state index contributed by atoms with van der Waals surface area (Å²) in [6.45, 7) is 0.423. The van der Waals surface area contributed by atoms with Crippen molar-refractivity contribution in [2.24, 2.45) is 0 Å². The minimum absolute atomic E-state index is 0.0745. The van der Waals surface area contributed by atoms with E-state index >= 15 is 0 Å². The Hall–Kier alpha value is -2.80. The maximum atomic E-state index is 12.3. The Labute approximate surface area is 153 Å². The van der Waals surface area contributed by atoms with E-state index in [4.69, 9.17) is 14.2 Å². The van der Waals surface area contributed by atoms with E-state index in [-0.39, 0.29) is 11.9 Å². The van der Waals surface area contributed by atoms with Crippen LogP contribution in [0.1, 0.15) is 22.0 Å². The number of nitrogens with one attached hydrogen (secondary N) is 1. The van der Waals surface area contributed by atoms with Gasteiger partial charge in [0.05, 0.1) is 27.4 Å². The molecule has 7 heteroatoms. The number of rotatable bonds is 8. The Morgan fingerprint density at radius 3 is 2.12 bits per heavy atom. The molecular formula is C19H25N3O4. The van der Waals surface area contributed by atoms with Crippen LogP contribution in [0.15, 0.2) is 36.7 Å². The van der Waals surface area contributed by atoms with Crippen molar-refractivity contribution < 1.29 is 19.0 Å². The van der Waals surface area contributed by atoms with Crippen LogP contribution in [-0.4, -0.2) is 57.8 Å². The first kappa shape index (κ1) is 19.5. The van der Waals surface area contributed by atoms with Crippen molar-refractivity contribution in [1.82, 2.24) is 15.2 Å². The van der Waals surface area contributed by atoms with Gasteiger partial charge in [-0.25, -0.2) is 0 Å². The molecule has 0 aliphatic heterocycles. The van der Waals surface area contributed by atoms with Crippen LogP contribution < -0.4 is 19.5 Å².